The Balaban J connectivity index is 2.18. The molecule has 1 amide bonds. The van der Waals surface area contributed by atoms with Crippen molar-refractivity contribution in [3.63, 3.8) is 0 Å². The standard InChI is InChI=1S/C19H32N4O3/c1-15(2)14-25-11-6-9-21-19(20-4)22-10-12-26-18-8-5-7-17(13-18)23-16(3)24/h5,7-8,13,15H,6,9-12,14H2,1-4H3,(H,23,24)(H2,20,21,22). The number of nitrogens with one attached hydrogen (secondary N) is 3. The molecule has 7 heteroatoms. The zero-order valence-corrected chi connectivity index (χ0v) is 16.3. The van der Waals surface area contributed by atoms with Gasteiger partial charge >= 0.3 is 0 Å². The Bertz CT molecular complexity index is 561. The van der Waals surface area contributed by atoms with E-state index in [-0.39, 0.29) is 5.91 Å². The van der Waals surface area contributed by atoms with Crippen LogP contribution >= 0.6 is 0 Å². The van der Waals surface area contributed by atoms with Crippen molar-refractivity contribution in [2.45, 2.75) is 27.2 Å². The lowest BCUT2D eigenvalue weighted by atomic mass is 10.2. The Hall–Kier alpha value is -2.28. The fraction of sp³-hybridized carbons (Fsp3) is 0.579. The third-order valence-electron chi connectivity index (χ3n) is 3.25. The largest absolute Gasteiger partial charge is 0.492 e. The second kappa shape index (κ2) is 13.0. The Morgan fingerprint density at radius 2 is 1.96 bits per heavy atom. The molecule has 26 heavy (non-hydrogen) atoms. The zero-order valence-electron chi connectivity index (χ0n) is 16.3. The van der Waals surface area contributed by atoms with Gasteiger partial charge in [0.05, 0.1) is 6.54 Å². The van der Waals surface area contributed by atoms with Crippen LogP contribution in [0.25, 0.3) is 0 Å². The molecule has 0 heterocycles. The lowest BCUT2D eigenvalue weighted by Crippen LogP contribution is -2.39. The van der Waals surface area contributed by atoms with Gasteiger partial charge in [0.15, 0.2) is 5.96 Å². The van der Waals surface area contributed by atoms with Crippen LogP contribution in [0.2, 0.25) is 0 Å². The molecule has 3 N–H and O–H groups in total. The number of guanidine groups is 1. The van der Waals surface area contributed by atoms with Crippen LogP contribution in [0.1, 0.15) is 27.2 Å². The minimum absolute atomic E-state index is 0.103. The number of carbonyl (C=O) groups excluding carboxylic acids is 1. The van der Waals surface area contributed by atoms with Gasteiger partial charge in [-0.3, -0.25) is 9.79 Å². The van der Waals surface area contributed by atoms with Crippen LogP contribution in [0, 0.1) is 5.92 Å². The van der Waals surface area contributed by atoms with Gasteiger partial charge in [-0.1, -0.05) is 19.9 Å². The van der Waals surface area contributed by atoms with E-state index in [1.54, 1.807) is 13.1 Å². The molecular formula is C19H32N4O3. The molecule has 0 saturated carbocycles. The topological polar surface area (TPSA) is 84.0 Å². The molecule has 0 aliphatic rings. The van der Waals surface area contributed by atoms with E-state index in [0.29, 0.717) is 24.8 Å². The van der Waals surface area contributed by atoms with Crippen LogP contribution in [0.4, 0.5) is 5.69 Å². The van der Waals surface area contributed by atoms with Crippen molar-refractivity contribution in [2.24, 2.45) is 10.9 Å². The number of nitrogens with zero attached hydrogens (tertiary/aromatic N) is 1. The number of carbonyl (C=O) groups is 1. The van der Waals surface area contributed by atoms with Crippen molar-refractivity contribution in [1.82, 2.24) is 10.6 Å². The Morgan fingerprint density at radius 1 is 1.19 bits per heavy atom. The van der Waals surface area contributed by atoms with Crippen molar-refractivity contribution in [1.29, 1.82) is 0 Å². The summed E-state index contributed by atoms with van der Waals surface area (Å²) in [5.74, 6) is 1.91. The van der Waals surface area contributed by atoms with E-state index in [9.17, 15) is 4.79 Å². The predicted octanol–water partition coefficient (Wildman–Crippen LogP) is 2.25. The van der Waals surface area contributed by atoms with E-state index in [0.717, 1.165) is 37.8 Å². The third-order valence-corrected chi connectivity index (χ3v) is 3.25. The molecule has 1 aromatic rings. The lowest BCUT2D eigenvalue weighted by molar-refractivity contribution is -0.114. The van der Waals surface area contributed by atoms with Gasteiger partial charge in [-0.15, -0.1) is 0 Å². The summed E-state index contributed by atoms with van der Waals surface area (Å²) in [4.78, 5) is 15.3. The molecule has 1 rings (SSSR count). The van der Waals surface area contributed by atoms with Crippen molar-refractivity contribution in [3.8, 4) is 5.75 Å². The van der Waals surface area contributed by atoms with Gasteiger partial charge in [-0.25, -0.2) is 0 Å². The summed E-state index contributed by atoms with van der Waals surface area (Å²) < 4.78 is 11.2. The molecule has 0 unspecified atom stereocenters. The van der Waals surface area contributed by atoms with Crippen LogP contribution in [0.5, 0.6) is 5.75 Å². The number of ether oxygens (including phenoxy) is 2. The van der Waals surface area contributed by atoms with Crippen LogP contribution < -0.4 is 20.7 Å². The first-order chi connectivity index (χ1) is 12.5. The van der Waals surface area contributed by atoms with Crippen LogP contribution in [0.3, 0.4) is 0 Å². The minimum atomic E-state index is -0.103. The molecule has 0 spiro atoms. The van der Waals surface area contributed by atoms with Crippen molar-refractivity contribution in [2.75, 3.05) is 45.3 Å². The van der Waals surface area contributed by atoms with Crippen LogP contribution in [-0.2, 0) is 9.53 Å². The molecule has 0 bridgehead atoms. The highest BCUT2D eigenvalue weighted by Crippen LogP contribution is 2.16. The first-order valence-electron chi connectivity index (χ1n) is 9.04. The monoisotopic (exact) mass is 364 g/mol. The SMILES string of the molecule is CN=C(NCCCOCC(C)C)NCCOc1cccc(NC(C)=O)c1. The minimum Gasteiger partial charge on any atom is -0.492 e. The van der Waals surface area contributed by atoms with Gasteiger partial charge in [0.1, 0.15) is 12.4 Å². The highest BCUT2D eigenvalue weighted by molar-refractivity contribution is 5.88. The number of aliphatic imine (C=N–C) groups is 1. The van der Waals surface area contributed by atoms with Crippen LogP contribution in [0.15, 0.2) is 29.3 Å². The average Bonchev–Trinajstić information content (AvgIpc) is 2.59. The van der Waals surface area contributed by atoms with Crippen LogP contribution in [-0.4, -0.2) is 51.8 Å². The van der Waals surface area contributed by atoms with E-state index in [2.05, 4.69) is 34.8 Å². The number of anilines is 1. The van der Waals surface area contributed by atoms with Gasteiger partial charge in [0.2, 0.25) is 5.91 Å². The van der Waals surface area contributed by atoms with Gasteiger partial charge < -0.3 is 25.4 Å². The molecule has 0 saturated heterocycles. The lowest BCUT2D eigenvalue weighted by Gasteiger charge is -2.13. The molecule has 146 valence electrons. The summed E-state index contributed by atoms with van der Waals surface area (Å²) in [6.45, 7) is 9.22. The number of amides is 1. The Labute approximate surface area is 156 Å². The molecule has 0 aliphatic carbocycles. The second-order valence-electron chi connectivity index (χ2n) is 6.31. The normalized spacial score (nSPS) is 11.3. The summed E-state index contributed by atoms with van der Waals surface area (Å²) >= 11 is 0. The molecule has 1 aromatic carbocycles. The molecule has 0 radical (unpaired) electrons. The molecule has 0 aromatic heterocycles. The van der Waals surface area contributed by atoms with E-state index in [4.69, 9.17) is 9.47 Å². The van der Waals surface area contributed by atoms with E-state index < -0.39 is 0 Å². The highest BCUT2D eigenvalue weighted by Gasteiger charge is 2.00. The zero-order chi connectivity index (χ0) is 19.2. The molecule has 0 aliphatic heterocycles. The maximum Gasteiger partial charge on any atom is 0.221 e. The average molecular weight is 364 g/mol. The van der Waals surface area contributed by atoms with Crippen molar-refractivity contribution < 1.29 is 14.3 Å². The van der Waals surface area contributed by atoms with E-state index in [1.807, 2.05) is 18.2 Å². The Morgan fingerprint density at radius 3 is 2.65 bits per heavy atom. The number of hydrogen-bond acceptors (Lipinski definition) is 4. The predicted molar refractivity (Wildman–Crippen MR) is 106 cm³/mol. The van der Waals surface area contributed by atoms with Gasteiger partial charge in [0, 0.05) is 45.5 Å². The van der Waals surface area contributed by atoms with Gasteiger partial charge in [-0.2, -0.15) is 0 Å². The maximum atomic E-state index is 11.1. The van der Waals surface area contributed by atoms with Crippen molar-refractivity contribution >= 4 is 17.6 Å². The maximum absolute atomic E-state index is 11.1. The first-order valence-corrected chi connectivity index (χ1v) is 9.04. The summed E-state index contributed by atoms with van der Waals surface area (Å²) in [5, 5.41) is 9.17. The first kappa shape index (κ1) is 21.8. The summed E-state index contributed by atoms with van der Waals surface area (Å²) in [6, 6.07) is 7.32. The summed E-state index contributed by atoms with van der Waals surface area (Å²) in [7, 11) is 1.74. The number of benzene rings is 1. The number of hydrogen-bond donors (Lipinski definition) is 3. The highest BCUT2D eigenvalue weighted by atomic mass is 16.5. The number of rotatable bonds is 11. The smallest absolute Gasteiger partial charge is 0.221 e. The Kier molecular flexibility index (Phi) is 10.9. The van der Waals surface area contributed by atoms with Crippen molar-refractivity contribution in [3.05, 3.63) is 24.3 Å². The third kappa shape index (κ3) is 10.6. The molecule has 7 nitrogen and oxygen atoms in total. The molecular weight excluding hydrogens is 332 g/mol. The summed E-state index contributed by atoms with van der Waals surface area (Å²) in [5.41, 5.74) is 0.722. The van der Waals surface area contributed by atoms with Gasteiger partial charge in [0.25, 0.3) is 0 Å². The molecule has 0 fully saturated rings. The summed E-state index contributed by atoms with van der Waals surface area (Å²) in [6.07, 6.45) is 0.930. The second-order valence-corrected chi connectivity index (χ2v) is 6.31. The van der Waals surface area contributed by atoms with E-state index in [1.165, 1.54) is 6.92 Å². The van der Waals surface area contributed by atoms with E-state index >= 15 is 0 Å². The fourth-order valence-electron chi connectivity index (χ4n) is 2.13. The fourth-order valence-corrected chi connectivity index (χ4v) is 2.13. The van der Waals surface area contributed by atoms with Gasteiger partial charge in [-0.05, 0) is 24.5 Å². The molecule has 0 atom stereocenters. The quantitative estimate of drug-likeness (QED) is 0.319.